The minimum atomic E-state index is -0.0419. The van der Waals surface area contributed by atoms with Crippen LogP contribution in [0.1, 0.15) is 28.4 Å². The predicted molar refractivity (Wildman–Crippen MR) is 85.3 cm³/mol. The molecular weight excluding hydrogens is 260 g/mol. The SMILES string of the molecule is CCc1ccc(CNC(=O)c2cccc3[nH]ccc23)cc1. The van der Waals surface area contributed by atoms with Crippen LogP contribution in [0.4, 0.5) is 0 Å². The van der Waals surface area contributed by atoms with Gasteiger partial charge in [0.15, 0.2) is 0 Å². The van der Waals surface area contributed by atoms with Gasteiger partial charge in [0.1, 0.15) is 0 Å². The zero-order chi connectivity index (χ0) is 14.7. The Bertz CT molecular complexity index is 756. The lowest BCUT2D eigenvalue weighted by atomic mass is 10.1. The number of amides is 1. The molecule has 0 saturated carbocycles. The van der Waals surface area contributed by atoms with Gasteiger partial charge in [-0.2, -0.15) is 0 Å². The van der Waals surface area contributed by atoms with Crippen LogP contribution in [0.3, 0.4) is 0 Å². The molecule has 3 nitrogen and oxygen atoms in total. The van der Waals surface area contributed by atoms with E-state index < -0.39 is 0 Å². The largest absolute Gasteiger partial charge is 0.361 e. The molecule has 0 bridgehead atoms. The van der Waals surface area contributed by atoms with Crippen LogP contribution >= 0.6 is 0 Å². The molecule has 0 unspecified atom stereocenters. The van der Waals surface area contributed by atoms with Crippen LogP contribution in [0.25, 0.3) is 10.9 Å². The maximum absolute atomic E-state index is 12.3. The summed E-state index contributed by atoms with van der Waals surface area (Å²) in [6.07, 6.45) is 2.88. The number of fused-ring (bicyclic) bond motifs is 1. The van der Waals surface area contributed by atoms with Gasteiger partial charge >= 0.3 is 0 Å². The first-order chi connectivity index (χ1) is 10.3. The van der Waals surface area contributed by atoms with Gasteiger partial charge in [0.05, 0.1) is 0 Å². The lowest BCUT2D eigenvalue weighted by molar-refractivity contribution is 0.0952. The van der Waals surface area contributed by atoms with Gasteiger partial charge in [-0.3, -0.25) is 4.79 Å². The molecule has 1 aromatic heterocycles. The molecule has 0 radical (unpaired) electrons. The van der Waals surface area contributed by atoms with Crippen LogP contribution < -0.4 is 5.32 Å². The quantitative estimate of drug-likeness (QED) is 0.751. The zero-order valence-corrected chi connectivity index (χ0v) is 12.0. The fourth-order valence-corrected chi connectivity index (χ4v) is 2.45. The summed E-state index contributed by atoms with van der Waals surface area (Å²) in [5, 5.41) is 3.94. The summed E-state index contributed by atoms with van der Waals surface area (Å²) in [4.78, 5) is 15.4. The second-order valence-electron chi connectivity index (χ2n) is 5.10. The van der Waals surface area contributed by atoms with E-state index in [-0.39, 0.29) is 5.91 Å². The number of rotatable bonds is 4. The van der Waals surface area contributed by atoms with E-state index in [0.29, 0.717) is 12.1 Å². The van der Waals surface area contributed by atoms with Crippen LogP contribution in [-0.4, -0.2) is 10.9 Å². The van der Waals surface area contributed by atoms with Crippen molar-refractivity contribution in [3.8, 4) is 0 Å². The molecule has 3 heteroatoms. The maximum Gasteiger partial charge on any atom is 0.252 e. The third-order valence-corrected chi connectivity index (χ3v) is 3.72. The first-order valence-corrected chi connectivity index (χ1v) is 7.20. The van der Waals surface area contributed by atoms with Gasteiger partial charge in [-0.1, -0.05) is 37.3 Å². The zero-order valence-electron chi connectivity index (χ0n) is 12.0. The van der Waals surface area contributed by atoms with E-state index >= 15 is 0 Å². The molecule has 0 aliphatic heterocycles. The number of carbonyl (C=O) groups excluding carboxylic acids is 1. The molecule has 3 aromatic rings. The van der Waals surface area contributed by atoms with Gasteiger partial charge in [0.2, 0.25) is 0 Å². The normalized spacial score (nSPS) is 10.7. The number of aromatic nitrogens is 1. The molecule has 2 aromatic carbocycles. The van der Waals surface area contributed by atoms with Gasteiger partial charge in [-0.15, -0.1) is 0 Å². The van der Waals surface area contributed by atoms with Crippen molar-refractivity contribution in [1.29, 1.82) is 0 Å². The van der Waals surface area contributed by atoms with Crippen molar-refractivity contribution in [2.24, 2.45) is 0 Å². The van der Waals surface area contributed by atoms with Gasteiger partial charge in [-0.25, -0.2) is 0 Å². The topological polar surface area (TPSA) is 44.9 Å². The number of carbonyl (C=O) groups is 1. The summed E-state index contributed by atoms with van der Waals surface area (Å²) in [5.74, 6) is -0.0419. The Morgan fingerprint density at radius 1 is 1.05 bits per heavy atom. The highest BCUT2D eigenvalue weighted by atomic mass is 16.1. The first-order valence-electron chi connectivity index (χ1n) is 7.20. The van der Waals surface area contributed by atoms with Crippen molar-refractivity contribution in [2.45, 2.75) is 19.9 Å². The highest BCUT2D eigenvalue weighted by Crippen LogP contribution is 2.17. The van der Waals surface area contributed by atoms with E-state index in [1.54, 1.807) is 0 Å². The number of hydrogen-bond donors (Lipinski definition) is 2. The van der Waals surface area contributed by atoms with E-state index in [2.05, 4.69) is 41.5 Å². The molecule has 3 rings (SSSR count). The third-order valence-electron chi connectivity index (χ3n) is 3.72. The molecule has 21 heavy (non-hydrogen) atoms. The summed E-state index contributed by atoms with van der Waals surface area (Å²) < 4.78 is 0. The van der Waals surface area contributed by atoms with Gasteiger partial charge in [0.25, 0.3) is 5.91 Å². The summed E-state index contributed by atoms with van der Waals surface area (Å²) in [7, 11) is 0. The fraction of sp³-hybridized carbons (Fsp3) is 0.167. The molecule has 0 spiro atoms. The highest BCUT2D eigenvalue weighted by Gasteiger charge is 2.09. The molecule has 0 fully saturated rings. The van der Waals surface area contributed by atoms with E-state index in [1.165, 1.54) is 5.56 Å². The summed E-state index contributed by atoms with van der Waals surface area (Å²) in [6, 6.07) is 16.0. The fourth-order valence-electron chi connectivity index (χ4n) is 2.45. The average molecular weight is 278 g/mol. The Kier molecular flexibility index (Phi) is 3.73. The number of nitrogens with one attached hydrogen (secondary N) is 2. The second-order valence-corrected chi connectivity index (χ2v) is 5.10. The van der Waals surface area contributed by atoms with Crippen molar-refractivity contribution in [3.63, 3.8) is 0 Å². The third kappa shape index (κ3) is 2.82. The van der Waals surface area contributed by atoms with Crippen molar-refractivity contribution in [3.05, 3.63) is 71.4 Å². The van der Waals surface area contributed by atoms with E-state index in [1.807, 2.05) is 30.5 Å². The Balaban J connectivity index is 1.72. The van der Waals surface area contributed by atoms with Crippen molar-refractivity contribution in [1.82, 2.24) is 10.3 Å². The standard InChI is InChI=1S/C18H18N2O/c1-2-13-6-8-14(9-7-13)12-20-18(21)16-4-3-5-17-15(16)10-11-19-17/h3-11,19H,2,12H2,1H3,(H,20,21). The number of benzene rings is 2. The average Bonchev–Trinajstić information content (AvgIpc) is 3.01. The maximum atomic E-state index is 12.3. The Morgan fingerprint density at radius 2 is 1.81 bits per heavy atom. The minimum Gasteiger partial charge on any atom is -0.361 e. The van der Waals surface area contributed by atoms with E-state index in [0.717, 1.165) is 22.9 Å². The second kappa shape index (κ2) is 5.83. The Labute approximate surface area is 124 Å². The molecule has 0 saturated heterocycles. The molecule has 2 N–H and O–H groups in total. The highest BCUT2D eigenvalue weighted by molar-refractivity contribution is 6.06. The Hall–Kier alpha value is -2.55. The summed E-state index contributed by atoms with van der Waals surface area (Å²) in [5.41, 5.74) is 4.11. The molecular formula is C18H18N2O. The molecule has 0 atom stereocenters. The Morgan fingerprint density at radius 3 is 2.57 bits per heavy atom. The van der Waals surface area contributed by atoms with Crippen LogP contribution in [0.15, 0.2) is 54.7 Å². The molecule has 0 aliphatic carbocycles. The van der Waals surface area contributed by atoms with Gasteiger partial charge in [-0.05, 0) is 35.7 Å². The van der Waals surface area contributed by atoms with Crippen molar-refractivity contribution >= 4 is 16.8 Å². The number of aromatic amines is 1. The molecule has 106 valence electrons. The van der Waals surface area contributed by atoms with E-state index in [9.17, 15) is 4.79 Å². The molecule has 1 amide bonds. The summed E-state index contributed by atoms with van der Waals surface area (Å²) >= 11 is 0. The predicted octanol–water partition coefficient (Wildman–Crippen LogP) is 3.66. The first kappa shape index (κ1) is 13.4. The summed E-state index contributed by atoms with van der Waals surface area (Å²) in [6.45, 7) is 2.68. The van der Waals surface area contributed by atoms with Crippen molar-refractivity contribution in [2.75, 3.05) is 0 Å². The smallest absolute Gasteiger partial charge is 0.252 e. The van der Waals surface area contributed by atoms with Crippen LogP contribution in [-0.2, 0) is 13.0 Å². The lowest BCUT2D eigenvalue weighted by Gasteiger charge is -2.07. The van der Waals surface area contributed by atoms with Crippen LogP contribution in [0, 0.1) is 0 Å². The van der Waals surface area contributed by atoms with Crippen LogP contribution in [0.5, 0.6) is 0 Å². The number of H-pyrrole nitrogens is 1. The monoisotopic (exact) mass is 278 g/mol. The van der Waals surface area contributed by atoms with Gasteiger partial charge < -0.3 is 10.3 Å². The van der Waals surface area contributed by atoms with Crippen LogP contribution in [0.2, 0.25) is 0 Å². The minimum absolute atomic E-state index is 0.0419. The molecule has 1 heterocycles. The van der Waals surface area contributed by atoms with Gasteiger partial charge in [0, 0.05) is 29.2 Å². The molecule has 0 aliphatic rings. The van der Waals surface area contributed by atoms with Crippen molar-refractivity contribution < 1.29 is 4.79 Å². The lowest BCUT2D eigenvalue weighted by Crippen LogP contribution is -2.22. The van der Waals surface area contributed by atoms with E-state index in [4.69, 9.17) is 0 Å². The number of aryl methyl sites for hydroxylation is 1. The number of hydrogen-bond acceptors (Lipinski definition) is 1.